The molecule has 1 aromatic rings. The molecule has 2 heterocycles. The number of anilines is 1. The number of amides is 2. The Morgan fingerprint density at radius 3 is 2.81 bits per heavy atom. The molecule has 1 unspecified atom stereocenters. The van der Waals surface area contributed by atoms with E-state index in [1.54, 1.807) is 18.1 Å². The van der Waals surface area contributed by atoms with Gasteiger partial charge in [0.25, 0.3) is 5.91 Å². The van der Waals surface area contributed by atoms with Crippen molar-refractivity contribution < 1.29 is 14.3 Å². The van der Waals surface area contributed by atoms with E-state index >= 15 is 0 Å². The van der Waals surface area contributed by atoms with Gasteiger partial charge in [0.05, 0.1) is 17.3 Å². The third-order valence-corrected chi connectivity index (χ3v) is 5.37. The Labute approximate surface area is 159 Å². The summed E-state index contributed by atoms with van der Waals surface area (Å²) in [7, 11) is 1.62. The lowest BCUT2D eigenvalue weighted by molar-refractivity contribution is -0.128. The van der Waals surface area contributed by atoms with Gasteiger partial charge in [-0.2, -0.15) is 0 Å². The zero-order valence-electron chi connectivity index (χ0n) is 15.2. The van der Waals surface area contributed by atoms with Crippen molar-refractivity contribution in [1.29, 1.82) is 0 Å². The van der Waals surface area contributed by atoms with E-state index in [-0.39, 0.29) is 17.7 Å². The maximum absolute atomic E-state index is 12.4. The number of nitrogens with zero attached hydrogens (tertiary/aromatic N) is 2. The van der Waals surface area contributed by atoms with E-state index < -0.39 is 0 Å². The Hall–Kier alpha value is -1.79. The third-order valence-electron chi connectivity index (χ3n) is 5.07. The second-order valence-electron chi connectivity index (χ2n) is 6.97. The lowest BCUT2D eigenvalue weighted by Gasteiger charge is -2.19. The minimum absolute atomic E-state index is 0.124. The number of methoxy groups -OCH3 is 1. The van der Waals surface area contributed by atoms with Crippen LogP contribution >= 0.6 is 11.6 Å². The van der Waals surface area contributed by atoms with Gasteiger partial charge in [-0.3, -0.25) is 9.59 Å². The number of carbonyl (C=O) groups is 2. The van der Waals surface area contributed by atoms with E-state index in [1.165, 1.54) is 12.8 Å². The minimum Gasteiger partial charge on any atom is -0.383 e. The molecule has 1 aromatic carbocycles. The summed E-state index contributed by atoms with van der Waals surface area (Å²) in [5.74, 6) is 0.115. The number of halogens is 1. The number of hydrogen-bond donors (Lipinski definition) is 1. The van der Waals surface area contributed by atoms with Crippen LogP contribution in [0.15, 0.2) is 18.2 Å². The van der Waals surface area contributed by atoms with Crippen molar-refractivity contribution in [3.8, 4) is 0 Å². The predicted molar refractivity (Wildman–Crippen MR) is 102 cm³/mol. The zero-order chi connectivity index (χ0) is 18.5. The van der Waals surface area contributed by atoms with Crippen LogP contribution in [0, 0.1) is 5.92 Å². The van der Waals surface area contributed by atoms with E-state index in [1.807, 2.05) is 12.1 Å². The SMILES string of the molecule is COCCN1CC(CNC(=O)c2ccc(N3CCCC3)c(Cl)c2)CC1=O. The third kappa shape index (κ3) is 4.48. The monoisotopic (exact) mass is 379 g/mol. The van der Waals surface area contributed by atoms with Crippen molar-refractivity contribution >= 4 is 29.1 Å². The molecule has 0 spiro atoms. The van der Waals surface area contributed by atoms with Crippen molar-refractivity contribution in [3.05, 3.63) is 28.8 Å². The Morgan fingerprint density at radius 1 is 1.35 bits per heavy atom. The highest BCUT2D eigenvalue weighted by molar-refractivity contribution is 6.33. The summed E-state index contributed by atoms with van der Waals surface area (Å²) in [6.45, 7) is 4.32. The molecule has 26 heavy (non-hydrogen) atoms. The molecule has 1 N–H and O–H groups in total. The van der Waals surface area contributed by atoms with Crippen LogP contribution in [0.25, 0.3) is 0 Å². The van der Waals surface area contributed by atoms with Crippen LogP contribution in [0.5, 0.6) is 0 Å². The number of benzene rings is 1. The Kier molecular flexibility index (Phi) is 6.38. The van der Waals surface area contributed by atoms with Gasteiger partial charge in [-0.05, 0) is 31.0 Å². The second kappa shape index (κ2) is 8.73. The van der Waals surface area contributed by atoms with E-state index in [4.69, 9.17) is 16.3 Å². The first kappa shape index (κ1) is 19.0. The second-order valence-corrected chi connectivity index (χ2v) is 7.38. The van der Waals surface area contributed by atoms with Crippen molar-refractivity contribution in [3.63, 3.8) is 0 Å². The summed E-state index contributed by atoms with van der Waals surface area (Å²) < 4.78 is 5.02. The first-order chi connectivity index (χ1) is 12.6. The molecule has 6 nitrogen and oxygen atoms in total. The van der Waals surface area contributed by atoms with E-state index in [2.05, 4.69) is 10.2 Å². The van der Waals surface area contributed by atoms with Gasteiger partial charge >= 0.3 is 0 Å². The number of likely N-dealkylation sites (tertiary alicyclic amines) is 1. The predicted octanol–water partition coefficient (Wildman–Crippen LogP) is 2.16. The smallest absolute Gasteiger partial charge is 0.251 e. The molecule has 0 aliphatic carbocycles. The van der Waals surface area contributed by atoms with Crippen LogP contribution in [0.4, 0.5) is 5.69 Å². The van der Waals surface area contributed by atoms with Crippen LogP contribution in [0.3, 0.4) is 0 Å². The molecule has 2 saturated heterocycles. The molecule has 0 bridgehead atoms. The highest BCUT2D eigenvalue weighted by Crippen LogP contribution is 2.29. The number of nitrogens with one attached hydrogen (secondary N) is 1. The first-order valence-corrected chi connectivity index (χ1v) is 9.55. The fourth-order valence-corrected chi connectivity index (χ4v) is 3.91. The van der Waals surface area contributed by atoms with Gasteiger partial charge in [-0.25, -0.2) is 0 Å². The summed E-state index contributed by atoms with van der Waals surface area (Å²) in [5, 5.41) is 3.55. The Bertz CT molecular complexity index is 661. The highest BCUT2D eigenvalue weighted by Gasteiger charge is 2.29. The molecule has 3 rings (SSSR count). The number of hydrogen-bond acceptors (Lipinski definition) is 4. The molecule has 0 radical (unpaired) electrons. The molecular weight excluding hydrogens is 354 g/mol. The highest BCUT2D eigenvalue weighted by atomic mass is 35.5. The number of ether oxygens (including phenoxy) is 1. The molecule has 0 aromatic heterocycles. The summed E-state index contributed by atoms with van der Waals surface area (Å²) in [4.78, 5) is 28.4. The van der Waals surface area contributed by atoms with Crippen LogP contribution in [-0.4, -0.2) is 63.2 Å². The molecule has 2 aliphatic heterocycles. The fourth-order valence-electron chi connectivity index (χ4n) is 3.61. The number of carbonyl (C=O) groups excluding carboxylic acids is 2. The first-order valence-electron chi connectivity index (χ1n) is 9.18. The van der Waals surface area contributed by atoms with Crippen LogP contribution < -0.4 is 10.2 Å². The Balaban J connectivity index is 1.52. The molecule has 2 amide bonds. The molecule has 7 heteroatoms. The molecule has 2 aliphatic rings. The fraction of sp³-hybridized carbons (Fsp3) is 0.579. The van der Waals surface area contributed by atoms with Gasteiger partial charge < -0.3 is 19.9 Å². The topological polar surface area (TPSA) is 61.9 Å². The maximum Gasteiger partial charge on any atom is 0.251 e. The maximum atomic E-state index is 12.4. The van der Waals surface area contributed by atoms with Gasteiger partial charge in [0.1, 0.15) is 0 Å². The molecule has 142 valence electrons. The number of rotatable bonds is 7. The summed E-state index contributed by atoms with van der Waals surface area (Å²) in [6, 6.07) is 5.48. The molecule has 2 fully saturated rings. The quantitative estimate of drug-likeness (QED) is 0.788. The van der Waals surface area contributed by atoms with Gasteiger partial charge in [-0.15, -0.1) is 0 Å². The summed E-state index contributed by atoms with van der Waals surface area (Å²) in [6.07, 6.45) is 2.83. The average Bonchev–Trinajstić information content (AvgIpc) is 3.27. The minimum atomic E-state index is -0.150. The molecule has 0 saturated carbocycles. The van der Waals surface area contributed by atoms with Crippen LogP contribution in [0.2, 0.25) is 5.02 Å². The van der Waals surface area contributed by atoms with Crippen molar-refractivity contribution in [2.24, 2.45) is 5.92 Å². The van der Waals surface area contributed by atoms with Gasteiger partial charge in [0.2, 0.25) is 5.91 Å². The lowest BCUT2D eigenvalue weighted by atomic mass is 10.1. The summed E-state index contributed by atoms with van der Waals surface area (Å²) >= 11 is 6.38. The largest absolute Gasteiger partial charge is 0.383 e. The van der Waals surface area contributed by atoms with Crippen molar-refractivity contribution in [2.75, 3.05) is 51.3 Å². The standard InChI is InChI=1S/C19H26ClN3O3/c1-26-9-8-23-13-14(10-18(23)24)12-21-19(25)15-4-5-17(16(20)11-15)22-6-2-3-7-22/h4-5,11,14H,2-3,6-10,12-13H2,1H3,(H,21,25). The summed E-state index contributed by atoms with van der Waals surface area (Å²) in [5.41, 5.74) is 1.55. The molecular formula is C19H26ClN3O3. The average molecular weight is 380 g/mol. The zero-order valence-corrected chi connectivity index (χ0v) is 15.9. The van der Waals surface area contributed by atoms with E-state index in [0.29, 0.717) is 43.2 Å². The van der Waals surface area contributed by atoms with E-state index in [0.717, 1.165) is 18.8 Å². The van der Waals surface area contributed by atoms with Gasteiger partial charge in [0.15, 0.2) is 0 Å². The van der Waals surface area contributed by atoms with Gasteiger partial charge in [-0.1, -0.05) is 11.6 Å². The van der Waals surface area contributed by atoms with Crippen molar-refractivity contribution in [2.45, 2.75) is 19.3 Å². The Morgan fingerprint density at radius 2 is 2.12 bits per heavy atom. The van der Waals surface area contributed by atoms with Crippen LogP contribution in [-0.2, 0) is 9.53 Å². The van der Waals surface area contributed by atoms with Crippen molar-refractivity contribution in [1.82, 2.24) is 10.2 Å². The lowest BCUT2D eigenvalue weighted by Crippen LogP contribution is -2.32. The normalized spacial score (nSPS) is 20.1. The van der Waals surface area contributed by atoms with E-state index in [9.17, 15) is 9.59 Å². The van der Waals surface area contributed by atoms with Gasteiger partial charge in [0, 0.05) is 57.7 Å². The van der Waals surface area contributed by atoms with Crippen LogP contribution in [0.1, 0.15) is 29.6 Å². The molecule has 1 atom stereocenters.